The fraction of sp³-hybridized carbons (Fsp3) is 0.931. The minimum Gasteiger partial charge on any atom is -0.434 e. The maximum Gasteiger partial charge on any atom is 0.508 e. The second-order valence-electron chi connectivity index (χ2n) is 10.8. The molecule has 0 spiro atoms. The van der Waals surface area contributed by atoms with Gasteiger partial charge in [0.15, 0.2) is 0 Å². The molecule has 0 aliphatic heterocycles. The van der Waals surface area contributed by atoms with Gasteiger partial charge in [-0.05, 0) is 50.4 Å². The van der Waals surface area contributed by atoms with Gasteiger partial charge in [0.25, 0.3) is 0 Å². The maximum absolute atomic E-state index is 12.2. The van der Waals surface area contributed by atoms with Crippen LogP contribution < -0.4 is 0 Å². The first-order chi connectivity index (χ1) is 16.9. The van der Waals surface area contributed by atoms with Crippen LogP contribution in [0.2, 0.25) is 0 Å². The van der Waals surface area contributed by atoms with Gasteiger partial charge in [-0.25, -0.2) is 9.59 Å². The lowest BCUT2D eigenvalue weighted by Gasteiger charge is -2.28. The molecule has 206 valence electrons. The first kappa shape index (κ1) is 31.6. The van der Waals surface area contributed by atoms with E-state index in [1.807, 2.05) is 0 Å². The lowest BCUT2D eigenvalue weighted by molar-refractivity contribution is -0.0375. The summed E-state index contributed by atoms with van der Waals surface area (Å²) in [5, 5.41) is 0. The summed E-state index contributed by atoms with van der Waals surface area (Å²) >= 11 is 0. The van der Waals surface area contributed by atoms with Crippen LogP contribution in [0.3, 0.4) is 0 Å². The summed E-state index contributed by atoms with van der Waals surface area (Å²) in [7, 11) is 0. The average Bonchev–Trinajstić information content (AvgIpc) is 2.81. The second kappa shape index (κ2) is 20.7. The predicted molar refractivity (Wildman–Crippen MR) is 141 cm³/mol. The van der Waals surface area contributed by atoms with E-state index in [9.17, 15) is 9.59 Å². The summed E-state index contributed by atoms with van der Waals surface area (Å²) in [6.45, 7) is 9.72. The third-order valence-electron chi connectivity index (χ3n) is 6.85. The summed E-state index contributed by atoms with van der Waals surface area (Å²) < 4.78 is 21.7. The van der Waals surface area contributed by atoms with Crippen LogP contribution in [0.1, 0.15) is 137 Å². The molecule has 1 fully saturated rings. The highest BCUT2D eigenvalue weighted by molar-refractivity contribution is 5.60. The molecule has 1 aliphatic carbocycles. The normalized spacial score (nSPS) is 18.8. The molecule has 3 unspecified atom stereocenters. The molecule has 0 amide bonds. The molecule has 35 heavy (non-hydrogen) atoms. The molecule has 1 rings (SSSR count). The lowest BCUT2D eigenvalue weighted by Crippen LogP contribution is -2.32. The van der Waals surface area contributed by atoms with Crippen molar-refractivity contribution in [3.63, 3.8) is 0 Å². The van der Waals surface area contributed by atoms with Gasteiger partial charge in [0, 0.05) is 6.42 Å². The minimum atomic E-state index is -0.607. The van der Waals surface area contributed by atoms with E-state index in [-0.39, 0.29) is 12.2 Å². The van der Waals surface area contributed by atoms with E-state index in [2.05, 4.69) is 27.7 Å². The zero-order chi connectivity index (χ0) is 25.7. The van der Waals surface area contributed by atoms with Gasteiger partial charge < -0.3 is 18.9 Å². The highest BCUT2D eigenvalue weighted by Crippen LogP contribution is 2.25. The van der Waals surface area contributed by atoms with Gasteiger partial charge in [-0.3, -0.25) is 0 Å². The van der Waals surface area contributed by atoms with E-state index in [1.165, 1.54) is 51.4 Å². The molecule has 6 nitrogen and oxygen atoms in total. The van der Waals surface area contributed by atoms with Crippen molar-refractivity contribution in [2.75, 3.05) is 13.2 Å². The zero-order valence-corrected chi connectivity index (χ0v) is 23.2. The van der Waals surface area contributed by atoms with E-state index in [4.69, 9.17) is 18.9 Å². The van der Waals surface area contributed by atoms with Crippen molar-refractivity contribution in [2.24, 2.45) is 11.8 Å². The fourth-order valence-electron chi connectivity index (χ4n) is 4.76. The Kier molecular flexibility index (Phi) is 18.7. The largest absolute Gasteiger partial charge is 0.508 e. The van der Waals surface area contributed by atoms with Crippen LogP contribution in [0.5, 0.6) is 0 Å². The van der Waals surface area contributed by atoms with Crippen LogP contribution in [-0.4, -0.2) is 37.7 Å². The van der Waals surface area contributed by atoms with Gasteiger partial charge in [0.2, 0.25) is 0 Å². The third-order valence-corrected chi connectivity index (χ3v) is 6.85. The molecule has 0 saturated heterocycles. The smallest absolute Gasteiger partial charge is 0.434 e. The maximum atomic E-state index is 12.2. The van der Waals surface area contributed by atoms with Gasteiger partial charge in [0.1, 0.15) is 12.2 Å². The van der Waals surface area contributed by atoms with Crippen molar-refractivity contribution in [3.8, 4) is 0 Å². The molecule has 0 aromatic heterocycles. The molecule has 1 saturated carbocycles. The molecule has 0 aromatic carbocycles. The average molecular weight is 499 g/mol. The highest BCUT2D eigenvalue weighted by atomic mass is 16.7. The minimum absolute atomic E-state index is 0.267. The van der Waals surface area contributed by atoms with Gasteiger partial charge >= 0.3 is 12.3 Å². The first-order valence-electron chi connectivity index (χ1n) is 14.6. The van der Waals surface area contributed by atoms with Crippen molar-refractivity contribution in [1.82, 2.24) is 0 Å². The van der Waals surface area contributed by atoms with Crippen LogP contribution in [0.25, 0.3) is 0 Å². The number of ether oxygens (including phenoxy) is 4. The topological polar surface area (TPSA) is 71.1 Å². The Labute approximate surface area is 215 Å². The van der Waals surface area contributed by atoms with E-state index in [0.29, 0.717) is 25.6 Å². The predicted octanol–water partition coefficient (Wildman–Crippen LogP) is 8.99. The summed E-state index contributed by atoms with van der Waals surface area (Å²) in [5.41, 5.74) is 0. The molecule has 6 heteroatoms. The Bertz CT molecular complexity index is 535. The van der Waals surface area contributed by atoms with Gasteiger partial charge in [-0.15, -0.1) is 0 Å². The van der Waals surface area contributed by atoms with Crippen molar-refractivity contribution in [3.05, 3.63) is 0 Å². The first-order valence-corrected chi connectivity index (χ1v) is 14.6. The summed E-state index contributed by atoms with van der Waals surface area (Å²) in [6.07, 6.45) is 16.3. The number of carbonyl (C=O) groups excluding carboxylic acids is 2. The van der Waals surface area contributed by atoms with Crippen molar-refractivity contribution in [1.29, 1.82) is 0 Å². The number of hydrogen-bond acceptors (Lipinski definition) is 6. The summed E-state index contributed by atoms with van der Waals surface area (Å²) in [5.74, 6) is 1.19. The molecule has 0 radical (unpaired) electrons. The van der Waals surface area contributed by atoms with Gasteiger partial charge in [-0.2, -0.15) is 0 Å². The van der Waals surface area contributed by atoms with Crippen molar-refractivity contribution >= 4 is 12.3 Å². The molecule has 1 aliphatic rings. The van der Waals surface area contributed by atoms with Crippen molar-refractivity contribution in [2.45, 2.75) is 149 Å². The lowest BCUT2D eigenvalue weighted by atomic mass is 9.95. The van der Waals surface area contributed by atoms with Crippen LogP contribution in [-0.2, 0) is 18.9 Å². The third kappa shape index (κ3) is 17.6. The van der Waals surface area contributed by atoms with E-state index < -0.39 is 12.3 Å². The van der Waals surface area contributed by atoms with Crippen molar-refractivity contribution < 1.29 is 28.5 Å². The van der Waals surface area contributed by atoms with E-state index in [0.717, 1.165) is 57.3 Å². The molecule has 0 aromatic rings. The summed E-state index contributed by atoms with van der Waals surface area (Å²) in [6, 6.07) is 0. The number of rotatable bonds is 19. The molecular weight excluding hydrogens is 444 g/mol. The number of unbranched alkanes of at least 4 members (excludes halogenated alkanes) is 7. The SMILES string of the molecule is CCCCCC(CCC)COC(=O)OC1CCCC(OC(=O)OCCCCCCCCC(C)C)C1. The van der Waals surface area contributed by atoms with E-state index in [1.54, 1.807) is 0 Å². The Morgan fingerprint density at radius 2 is 1.31 bits per heavy atom. The zero-order valence-electron chi connectivity index (χ0n) is 23.2. The van der Waals surface area contributed by atoms with Crippen LogP contribution in [0.4, 0.5) is 9.59 Å². The van der Waals surface area contributed by atoms with Gasteiger partial charge in [0.05, 0.1) is 13.2 Å². The fourth-order valence-corrected chi connectivity index (χ4v) is 4.76. The number of hydrogen-bond donors (Lipinski definition) is 0. The van der Waals surface area contributed by atoms with Gasteiger partial charge in [-0.1, -0.05) is 91.9 Å². The molecule has 0 bridgehead atoms. The quantitative estimate of drug-likeness (QED) is 0.131. The summed E-state index contributed by atoms with van der Waals surface area (Å²) in [4.78, 5) is 24.3. The Hall–Kier alpha value is -1.46. The number of carbonyl (C=O) groups is 2. The molecule has 0 N–H and O–H groups in total. The molecule has 0 heterocycles. The van der Waals surface area contributed by atoms with Crippen LogP contribution in [0.15, 0.2) is 0 Å². The van der Waals surface area contributed by atoms with Crippen LogP contribution >= 0.6 is 0 Å². The monoisotopic (exact) mass is 498 g/mol. The molecular formula is C29H54O6. The standard InChI is InChI=1S/C29H54O6/c1-5-7-12-18-25(16-6-2)23-33-29(31)35-27-20-15-19-26(22-27)34-28(30)32-21-14-11-9-8-10-13-17-24(3)4/h24-27H,5-23H2,1-4H3. The molecule has 3 atom stereocenters. The Morgan fingerprint density at radius 1 is 0.714 bits per heavy atom. The Balaban J connectivity index is 2.15. The van der Waals surface area contributed by atoms with Crippen LogP contribution in [0, 0.1) is 11.8 Å². The van der Waals surface area contributed by atoms with E-state index >= 15 is 0 Å². The highest BCUT2D eigenvalue weighted by Gasteiger charge is 2.28. The second-order valence-corrected chi connectivity index (χ2v) is 10.8. The Morgan fingerprint density at radius 3 is 1.94 bits per heavy atom.